The van der Waals surface area contributed by atoms with Crippen LogP contribution in [-0.2, 0) is 28.8 Å². The predicted octanol–water partition coefficient (Wildman–Crippen LogP) is 6.96. The molecule has 5 amide bonds. The van der Waals surface area contributed by atoms with Gasteiger partial charge in [0.25, 0.3) is 0 Å². The third-order valence-corrected chi connectivity index (χ3v) is 13.5. The van der Waals surface area contributed by atoms with Crippen LogP contribution in [0.4, 0.5) is 4.79 Å². The molecule has 2 heterocycles. The number of hydrogen-bond acceptors (Lipinski definition) is 7. The second kappa shape index (κ2) is 17.4. The highest BCUT2D eigenvalue weighted by atomic mass is 16.2. The molecule has 0 spiro atoms. The molecular weight excluding hydrogens is 697 g/mol. The number of nitrogens with one attached hydrogen (secondary N) is 2. The first-order chi connectivity index (χ1) is 25.5. The van der Waals surface area contributed by atoms with Crippen molar-refractivity contribution in [3.8, 4) is 0 Å². The molecule has 4 aliphatic rings. The van der Waals surface area contributed by atoms with E-state index in [-0.39, 0.29) is 73.0 Å². The standard InChI is InChI=1S/C44H70N4O7/c1-11-13-18-31(49)37(53)28(17-12-2)23-32(50)36-29-19-22-43(8,9)30(29)26-48(36)39(54)38(44(10)20-15-14-16-21-44)46-40(55)45-33(41(3,4)5)27-47-34(51)24-42(6,7)25-35(47)52/h11,28-30,33,36,38H,1,12-27H2,2-10H3,(H2,45,46,55)/t28?,29-,30-,33+,36-,38+/m0/s1. The molecule has 2 aliphatic carbocycles. The van der Waals surface area contributed by atoms with Crippen LogP contribution in [0.25, 0.3) is 0 Å². The third kappa shape index (κ3) is 10.3. The van der Waals surface area contributed by atoms with E-state index in [1.165, 1.54) is 4.90 Å². The van der Waals surface area contributed by atoms with E-state index in [9.17, 15) is 28.8 Å². The normalized spacial score (nSPS) is 26.1. The van der Waals surface area contributed by atoms with Gasteiger partial charge < -0.3 is 15.5 Å². The second-order valence-electron chi connectivity index (χ2n) is 20.1. The van der Waals surface area contributed by atoms with E-state index in [2.05, 4.69) is 31.1 Å². The number of imide groups is 1. The summed E-state index contributed by atoms with van der Waals surface area (Å²) in [5.74, 6) is -2.76. The molecule has 0 aromatic heterocycles. The van der Waals surface area contributed by atoms with E-state index in [1.54, 1.807) is 11.0 Å². The Morgan fingerprint density at radius 1 is 0.927 bits per heavy atom. The number of allylic oxidation sites excluding steroid dienone is 1. The fraction of sp³-hybridized carbons (Fsp3) is 0.795. The van der Waals surface area contributed by atoms with Crippen molar-refractivity contribution in [1.29, 1.82) is 0 Å². The molecular formula is C44H70N4O7. The van der Waals surface area contributed by atoms with Crippen molar-refractivity contribution >= 4 is 41.1 Å². The van der Waals surface area contributed by atoms with Crippen molar-refractivity contribution in [3.63, 3.8) is 0 Å². The molecule has 11 nitrogen and oxygen atoms in total. The lowest BCUT2D eigenvalue weighted by Gasteiger charge is -2.43. The average molecular weight is 767 g/mol. The number of nitrogens with zero attached hydrogens (tertiary/aromatic N) is 2. The van der Waals surface area contributed by atoms with Gasteiger partial charge in [-0.1, -0.05) is 94.1 Å². The van der Waals surface area contributed by atoms with Crippen LogP contribution >= 0.6 is 0 Å². The topological polar surface area (TPSA) is 150 Å². The Morgan fingerprint density at radius 3 is 2.11 bits per heavy atom. The van der Waals surface area contributed by atoms with Gasteiger partial charge in [0.15, 0.2) is 11.6 Å². The van der Waals surface area contributed by atoms with Gasteiger partial charge in [-0.25, -0.2) is 4.79 Å². The highest BCUT2D eigenvalue weighted by molar-refractivity contribution is 6.38. The smallest absolute Gasteiger partial charge is 0.315 e. The van der Waals surface area contributed by atoms with Crippen molar-refractivity contribution < 1.29 is 33.6 Å². The molecule has 2 N–H and O–H groups in total. The Bertz CT molecular complexity index is 1480. The number of fused-ring (bicyclic) bond motifs is 1. The Kier molecular flexibility index (Phi) is 14.0. The number of urea groups is 1. The number of carbonyl (C=O) groups is 7. The van der Waals surface area contributed by atoms with E-state index in [0.29, 0.717) is 25.8 Å². The molecule has 0 bridgehead atoms. The molecule has 6 atom stereocenters. The van der Waals surface area contributed by atoms with E-state index >= 15 is 4.79 Å². The summed E-state index contributed by atoms with van der Waals surface area (Å²) in [6, 6.07) is -2.84. The van der Waals surface area contributed by atoms with Crippen molar-refractivity contribution in [2.45, 2.75) is 170 Å². The van der Waals surface area contributed by atoms with Crippen LogP contribution in [0.3, 0.4) is 0 Å². The summed E-state index contributed by atoms with van der Waals surface area (Å²) in [5.41, 5.74) is -1.64. The van der Waals surface area contributed by atoms with Gasteiger partial charge >= 0.3 is 6.03 Å². The zero-order valence-electron chi connectivity index (χ0n) is 35.3. The Balaban J connectivity index is 1.63. The van der Waals surface area contributed by atoms with E-state index in [1.807, 2.05) is 48.5 Å². The largest absolute Gasteiger partial charge is 0.333 e. The quantitative estimate of drug-likeness (QED) is 0.0980. The van der Waals surface area contributed by atoms with Crippen LogP contribution in [0.1, 0.15) is 152 Å². The van der Waals surface area contributed by atoms with Gasteiger partial charge in [0.2, 0.25) is 23.5 Å². The maximum atomic E-state index is 15.2. The van der Waals surface area contributed by atoms with Crippen LogP contribution in [0.15, 0.2) is 12.7 Å². The lowest BCUT2D eigenvalue weighted by Crippen LogP contribution is -2.63. The molecule has 0 radical (unpaired) electrons. The lowest BCUT2D eigenvalue weighted by atomic mass is 9.70. The summed E-state index contributed by atoms with van der Waals surface area (Å²) < 4.78 is 0. The molecule has 1 unspecified atom stereocenters. The fourth-order valence-corrected chi connectivity index (χ4v) is 9.90. The van der Waals surface area contributed by atoms with Crippen LogP contribution in [0.5, 0.6) is 0 Å². The molecule has 2 saturated carbocycles. The number of piperidine rings is 1. The maximum absolute atomic E-state index is 15.2. The van der Waals surface area contributed by atoms with Gasteiger partial charge in [-0.15, -0.1) is 6.58 Å². The van der Waals surface area contributed by atoms with Gasteiger partial charge in [-0.3, -0.25) is 33.7 Å². The molecule has 4 fully saturated rings. The second-order valence-corrected chi connectivity index (χ2v) is 20.1. The van der Waals surface area contributed by atoms with Crippen molar-refractivity contribution in [2.75, 3.05) is 13.1 Å². The summed E-state index contributed by atoms with van der Waals surface area (Å²) in [6.07, 6.45) is 9.49. The summed E-state index contributed by atoms with van der Waals surface area (Å²) in [7, 11) is 0. The van der Waals surface area contributed by atoms with Crippen LogP contribution in [0, 0.1) is 39.4 Å². The summed E-state index contributed by atoms with van der Waals surface area (Å²) in [6.45, 7) is 22.0. The first kappa shape index (κ1) is 44.3. The van der Waals surface area contributed by atoms with Gasteiger partial charge in [0.05, 0.1) is 12.1 Å². The van der Waals surface area contributed by atoms with Crippen LogP contribution in [-0.4, -0.2) is 82.1 Å². The van der Waals surface area contributed by atoms with Crippen molar-refractivity contribution in [1.82, 2.24) is 20.4 Å². The number of hydrogen-bond donors (Lipinski definition) is 2. The monoisotopic (exact) mass is 767 g/mol. The van der Waals surface area contributed by atoms with Crippen molar-refractivity contribution in [2.24, 2.45) is 39.4 Å². The Labute approximate surface area is 329 Å². The molecule has 11 heteroatoms. The predicted molar refractivity (Wildman–Crippen MR) is 213 cm³/mol. The fourth-order valence-electron chi connectivity index (χ4n) is 9.90. The first-order valence-corrected chi connectivity index (χ1v) is 21.0. The lowest BCUT2D eigenvalue weighted by molar-refractivity contribution is -0.153. The third-order valence-electron chi connectivity index (χ3n) is 13.5. The first-order valence-electron chi connectivity index (χ1n) is 21.0. The minimum atomic E-state index is -0.932. The van der Waals surface area contributed by atoms with Gasteiger partial charge in [0.1, 0.15) is 6.04 Å². The summed E-state index contributed by atoms with van der Waals surface area (Å²) >= 11 is 0. The highest BCUT2D eigenvalue weighted by Gasteiger charge is 2.57. The highest BCUT2D eigenvalue weighted by Crippen LogP contribution is 2.54. The molecule has 55 heavy (non-hydrogen) atoms. The SMILES string of the molecule is C=CCCC(=O)C(=O)C(CCC)CC(=O)[C@@H]1[C@H]2CCC(C)(C)[C@H]2CN1C(=O)[C@@H](NC(=O)N[C@H](CN1C(=O)CC(C)(C)CC1=O)C(C)(C)C)C1(C)CCCCC1. The molecule has 308 valence electrons. The average Bonchev–Trinajstić information content (AvgIpc) is 3.62. The zero-order valence-corrected chi connectivity index (χ0v) is 35.3. The number of Topliss-reactive ketones (excluding diaryl/α,β-unsaturated/α-hetero) is 3. The van der Waals surface area contributed by atoms with Gasteiger partial charge in [-0.05, 0) is 72.0 Å². The number of rotatable bonds is 16. The van der Waals surface area contributed by atoms with Gasteiger partial charge in [0, 0.05) is 44.7 Å². The number of ketones is 3. The summed E-state index contributed by atoms with van der Waals surface area (Å²) in [5, 5.41) is 6.14. The Hall–Kier alpha value is -3.37. The van der Waals surface area contributed by atoms with Gasteiger partial charge in [-0.2, -0.15) is 0 Å². The minimum Gasteiger partial charge on any atom is -0.333 e. The zero-order chi connectivity index (χ0) is 41.1. The number of likely N-dealkylation sites (tertiary alicyclic amines) is 2. The maximum Gasteiger partial charge on any atom is 0.315 e. The van der Waals surface area contributed by atoms with E-state index in [0.717, 1.165) is 44.9 Å². The number of carbonyl (C=O) groups excluding carboxylic acids is 7. The van der Waals surface area contributed by atoms with Crippen molar-refractivity contribution in [3.05, 3.63) is 12.7 Å². The molecule has 0 aromatic carbocycles. The molecule has 2 saturated heterocycles. The molecule has 0 aromatic rings. The Morgan fingerprint density at radius 2 is 1.55 bits per heavy atom. The van der Waals surface area contributed by atoms with E-state index in [4.69, 9.17) is 0 Å². The van der Waals surface area contributed by atoms with Crippen LogP contribution in [0.2, 0.25) is 0 Å². The minimum absolute atomic E-state index is 0.0232. The molecule has 4 rings (SSSR count). The van der Waals surface area contributed by atoms with Crippen LogP contribution < -0.4 is 10.6 Å². The van der Waals surface area contributed by atoms with E-state index < -0.39 is 57.9 Å². The molecule has 2 aliphatic heterocycles. The summed E-state index contributed by atoms with van der Waals surface area (Å²) in [4.78, 5) is 99.2. The number of amides is 5.